The van der Waals surface area contributed by atoms with Crippen molar-refractivity contribution in [3.63, 3.8) is 0 Å². The number of rotatable bonds is 4. The Kier molecular flexibility index (Phi) is 5.97. The zero-order valence-corrected chi connectivity index (χ0v) is 20.5. The van der Waals surface area contributed by atoms with E-state index in [1.54, 1.807) is 18.2 Å². The van der Waals surface area contributed by atoms with Gasteiger partial charge in [0.1, 0.15) is 5.57 Å². The molecule has 4 rings (SSSR count). The van der Waals surface area contributed by atoms with Gasteiger partial charge in [-0.1, -0.05) is 31.2 Å². The average Bonchev–Trinajstić information content (AvgIpc) is 2.75. The Balaban J connectivity index is 1.79. The van der Waals surface area contributed by atoms with E-state index in [4.69, 9.17) is 12.2 Å². The third-order valence-electron chi connectivity index (χ3n) is 6.23. The molecular weight excluding hydrogens is 430 g/mol. The highest BCUT2D eigenvalue weighted by Gasteiger charge is 2.35. The quantitative estimate of drug-likeness (QED) is 0.386. The summed E-state index contributed by atoms with van der Waals surface area (Å²) in [5, 5.41) is 2.75. The lowest BCUT2D eigenvalue weighted by Crippen LogP contribution is -2.54. The molecular formula is C27H29N3O2S. The largest absolute Gasteiger partial charge is 0.362 e. The fourth-order valence-electron chi connectivity index (χ4n) is 4.66. The Labute approximate surface area is 200 Å². The minimum Gasteiger partial charge on any atom is -0.362 e. The van der Waals surface area contributed by atoms with Gasteiger partial charge in [0.15, 0.2) is 5.11 Å². The fourth-order valence-corrected chi connectivity index (χ4v) is 4.94. The molecule has 0 radical (unpaired) electrons. The monoisotopic (exact) mass is 459 g/mol. The van der Waals surface area contributed by atoms with E-state index in [-0.39, 0.29) is 16.2 Å². The molecule has 1 fully saturated rings. The molecule has 5 nitrogen and oxygen atoms in total. The molecule has 2 aliphatic heterocycles. The number of allylic oxidation sites excluding steroid dienone is 1. The first kappa shape index (κ1) is 22.9. The standard InChI is InChI=1S/C27H29N3O2S/c1-6-12-29-23-13-17(2)19(14-21(23)18(3)16-27(29,4)5)15-22-24(31)28-26(33)30(25(22)32)20-10-8-7-9-11-20/h7-11,13-16H,6,12H2,1-5H3,(H,28,31,33)/b22-15-. The highest BCUT2D eigenvalue weighted by molar-refractivity contribution is 7.80. The number of carbonyl (C=O) groups is 2. The molecule has 0 bridgehead atoms. The molecule has 6 heteroatoms. The second kappa shape index (κ2) is 8.60. The molecule has 0 aromatic heterocycles. The second-order valence-corrected chi connectivity index (χ2v) is 9.54. The molecule has 0 saturated carbocycles. The van der Waals surface area contributed by atoms with Gasteiger partial charge in [-0.3, -0.25) is 19.8 Å². The SMILES string of the molecule is CCCN1c2cc(C)c(/C=C3/C(=O)NC(=S)N(c4ccccc4)C3=O)cc2C(C)=CC1(C)C. The van der Waals surface area contributed by atoms with Crippen molar-refractivity contribution in [1.29, 1.82) is 0 Å². The first-order valence-corrected chi connectivity index (χ1v) is 11.6. The zero-order chi connectivity index (χ0) is 23.9. The summed E-state index contributed by atoms with van der Waals surface area (Å²) in [6.45, 7) is 11.7. The van der Waals surface area contributed by atoms with Crippen molar-refractivity contribution in [1.82, 2.24) is 5.32 Å². The van der Waals surface area contributed by atoms with E-state index < -0.39 is 11.8 Å². The molecule has 2 aliphatic rings. The Morgan fingerprint density at radius 1 is 1.09 bits per heavy atom. The highest BCUT2D eigenvalue weighted by Crippen LogP contribution is 2.40. The maximum absolute atomic E-state index is 13.3. The van der Waals surface area contributed by atoms with Crippen molar-refractivity contribution >= 4 is 52.2 Å². The zero-order valence-electron chi connectivity index (χ0n) is 19.7. The molecule has 33 heavy (non-hydrogen) atoms. The van der Waals surface area contributed by atoms with Crippen LogP contribution >= 0.6 is 12.2 Å². The maximum atomic E-state index is 13.3. The molecule has 1 N–H and O–H groups in total. The van der Waals surface area contributed by atoms with E-state index in [1.807, 2.05) is 25.1 Å². The number of fused-ring (bicyclic) bond motifs is 1. The summed E-state index contributed by atoms with van der Waals surface area (Å²) < 4.78 is 0. The molecule has 0 spiro atoms. The Hall–Kier alpha value is -3.25. The first-order valence-electron chi connectivity index (χ1n) is 11.2. The molecule has 2 amide bonds. The van der Waals surface area contributed by atoms with Crippen LogP contribution in [0.25, 0.3) is 11.6 Å². The normalized spacial score (nSPS) is 18.9. The van der Waals surface area contributed by atoms with Gasteiger partial charge in [-0.2, -0.15) is 0 Å². The van der Waals surface area contributed by atoms with Crippen LogP contribution in [0, 0.1) is 6.92 Å². The number of para-hydroxylation sites is 1. The maximum Gasteiger partial charge on any atom is 0.270 e. The van der Waals surface area contributed by atoms with E-state index >= 15 is 0 Å². The van der Waals surface area contributed by atoms with Crippen molar-refractivity contribution in [2.45, 2.75) is 46.6 Å². The number of hydrogen-bond acceptors (Lipinski definition) is 4. The van der Waals surface area contributed by atoms with Crippen LogP contribution in [0.5, 0.6) is 0 Å². The van der Waals surface area contributed by atoms with E-state index in [9.17, 15) is 9.59 Å². The van der Waals surface area contributed by atoms with Crippen LogP contribution in [0.1, 0.15) is 50.8 Å². The van der Waals surface area contributed by atoms with E-state index in [0.29, 0.717) is 5.69 Å². The second-order valence-electron chi connectivity index (χ2n) is 9.15. The lowest BCUT2D eigenvalue weighted by Gasteiger charge is -2.43. The number of amides is 2. The topological polar surface area (TPSA) is 52.7 Å². The third kappa shape index (κ3) is 4.11. The number of anilines is 2. The van der Waals surface area contributed by atoms with Gasteiger partial charge in [0, 0.05) is 17.8 Å². The fraction of sp³-hybridized carbons (Fsp3) is 0.296. The van der Waals surface area contributed by atoms with Crippen molar-refractivity contribution in [3.05, 3.63) is 70.8 Å². The molecule has 0 unspecified atom stereocenters. The summed E-state index contributed by atoms with van der Waals surface area (Å²) in [4.78, 5) is 29.9. The van der Waals surface area contributed by atoms with Crippen molar-refractivity contribution in [3.8, 4) is 0 Å². The summed E-state index contributed by atoms with van der Waals surface area (Å²) in [6, 6.07) is 13.4. The number of aryl methyl sites for hydroxylation is 1. The van der Waals surface area contributed by atoms with Gasteiger partial charge in [-0.25, -0.2) is 0 Å². The summed E-state index contributed by atoms with van der Waals surface area (Å²) in [5.74, 6) is -0.900. The van der Waals surface area contributed by atoms with Crippen LogP contribution in [0.4, 0.5) is 11.4 Å². The summed E-state index contributed by atoms with van der Waals surface area (Å²) in [6.07, 6.45) is 5.01. The molecule has 170 valence electrons. The Morgan fingerprint density at radius 3 is 2.45 bits per heavy atom. The predicted octanol–water partition coefficient (Wildman–Crippen LogP) is 5.24. The van der Waals surface area contributed by atoms with E-state index in [1.165, 1.54) is 16.2 Å². The predicted molar refractivity (Wildman–Crippen MR) is 139 cm³/mol. The molecule has 2 aromatic carbocycles. The van der Waals surface area contributed by atoms with Crippen molar-refractivity contribution < 1.29 is 9.59 Å². The lowest BCUT2D eigenvalue weighted by molar-refractivity contribution is -0.122. The van der Waals surface area contributed by atoms with Crippen LogP contribution in [0.2, 0.25) is 0 Å². The highest BCUT2D eigenvalue weighted by atomic mass is 32.1. The average molecular weight is 460 g/mol. The van der Waals surface area contributed by atoms with Gasteiger partial charge < -0.3 is 4.90 Å². The molecule has 0 aliphatic carbocycles. The molecule has 2 aromatic rings. The number of nitrogens with zero attached hydrogens (tertiary/aromatic N) is 2. The van der Waals surface area contributed by atoms with Crippen LogP contribution in [-0.4, -0.2) is 29.0 Å². The van der Waals surface area contributed by atoms with Crippen LogP contribution in [-0.2, 0) is 9.59 Å². The van der Waals surface area contributed by atoms with Gasteiger partial charge in [-0.05, 0) is 93.4 Å². The van der Waals surface area contributed by atoms with Crippen molar-refractivity contribution in [2.75, 3.05) is 16.3 Å². The minimum absolute atomic E-state index is 0.0682. The molecule has 2 heterocycles. The van der Waals surface area contributed by atoms with Crippen LogP contribution in [0.3, 0.4) is 0 Å². The van der Waals surface area contributed by atoms with Crippen LogP contribution in [0.15, 0.2) is 54.1 Å². The Morgan fingerprint density at radius 2 is 1.79 bits per heavy atom. The van der Waals surface area contributed by atoms with Gasteiger partial charge >= 0.3 is 0 Å². The smallest absolute Gasteiger partial charge is 0.270 e. The Bertz CT molecular complexity index is 1210. The number of hydrogen-bond donors (Lipinski definition) is 1. The molecule has 1 saturated heterocycles. The van der Waals surface area contributed by atoms with Crippen LogP contribution < -0.4 is 15.1 Å². The number of benzene rings is 2. The number of carbonyl (C=O) groups excluding carboxylic acids is 2. The summed E-state index contributed by atoms with van der Waals surface area (Å²) >= 11 is 5.29. The number of thiocarbonyl (C=S) groups is 1. The van der Waals surface area contributed by atoms with Gasteiger partial charge in [0.05, 0.1) is 11.2 Å². The summed E-state index contributed by atoms with van der Waals surface area (Å²) in [5.41, 5.74) is 5.96. The first-order chi connectivity index (χ1) is 15.6. The number of nitrogens with one attached hydrogen (secondary N) is 1. The lowest BCUT2D eigenvalue weighted by atomic mass is 9.86. The van der Waals surface area contributed by atoms with E-state index in [0.717, 1.165) is 29.7 Å². The third-order valence-corrected chi connectivity index (χ3v) is 6.51. The van der Waals surface area contributed by atoms with Gasteiger partial charge in [-0.15, -0.1) is 0 Å². The minimum atomic E-state index is -0.477. The van der Waals surface area contributed by atoms with Gasteiger partial charge in [0.2, 0.25) is 0 Å². The van der Waals surface area contributed by atoms with Gasteiger partial charge in [0.25, 0.3) is 11.8 Å². The summed E-state index contributed by atoms with van der Waals surface area (Å²) in [7, 11) is 0. The van der Waals surface area contributed by atoms with E-state index in [2.05, 4.69) is 56.1 Å². The van der Waals surface area contributed by atoms with Crippen molar-refractivity contribution in [2.24, 2.45) is 0 Å². The molecule has 0 atom stereocenters.